The van der Waals surface area contributed by atoms with Gasteiger partial charge in [-0.2, -0.15) is 4.39 Å². The van der Waals surface area contributed by atoms with E-state index in [9.17, 15) is 9.18 Å². The molecule has 1 aromatic heterocycles. The molecule has 8 heteroatoms. The van der Waals surface area contributed by atoms with Crippen molar-refractivity contribution in [3.8, 4) is 0 Å². The number of hydrogen-bond donors (Lipinski definition) is 3. The van der Waals surface area contributed by atoms with E-state index in [-0.39, 0.29) is 12.4 Å². The fourth-order valence-corrected chi connectivity index (χ4v) is 2.68. The Kier molecular flexibility index (Phi) is 5.82. The lowest BCUT2D eigenvalue weighted by atomic mass is 10.2. The molecule has 3 N–H and O–H groups in total. The first-order valence-corrected chi connectivity index (χ1v) is 7.90. The van der Waals surface area contributed by atoms with Crippen molar-refractivity contribution in [1.82, 2.24) is 9.97 Å². The number of nitrogens with one attached hydrogen (secondary N) is 2. The minimum Gasteiger partial charge on any atom is -0.394 e. The third-order valence-electron chi connectivity index (χ3n) is 2.76. The number of aliphatic hydroxyl groups excluding tert-OH is 1. The number of anilines is 1. The van der Waals surface area contributed by atoms with Gasteiger partial charge in [-0.1, -0.05) is 35.5 Å². The summed E-state index contributed by atoms with van der Waals surface area (Å²) < 4.78 is 13.7. The molecular weight excluding hydrogens is 329 g/mol. The number of rotatable bonds is 6. The largest absolute Gasteiger partial charge is 0.394 e. The van der Waals surface area contributed by atoms with Gasteiger partial charge in [0.15, 0.2) is 11.0 Å². The van der Waals surface area contributed by atoms with Crippen LogP contribution < -0.4 is 10.9 Å². The first-order chi connectivity index (χ1) is 10.5. The van der Waals surface area contributed by atoms with Crippen molar-refractivity contribution in [2.45, 2.75) is 23.9 Å². The molecule has 0 aliphatic heterocycles. The molecule has 1 atom stereocenters. The molecule has 0 amide bonds. The van der Waals surface area contributed by atoms with Gasteiger partial charge < -0.3 is 10.4 Å². The van der Waals surface area contributed by atoms with Gasteiger partial charge in [0.25, 0.3) is 5.56 Å². The van der Waals surface area contributed by atoms with Crippen LogP contribution >= 0.6 is 23.4 Å². The third-order valence-corrected chi connectivity index (χ3v) is 3.94. The number of H-pyrrole nitrogens is 1. The van der Waals surface area contributed by atoms with E-state index in [0.29, 0.717) is 15.9 Å². The zero-order valence-corrected chi connectivity index (χ0v) is 13.3. The Hall–Kier alpha value is -1.57. The van der Waals surface area contributed by atoms with E-state index in [1.54, 1.807) is 13.0 Å². The minimum atomic E-state index is -0.993. The number of hydrogen-bond acceptors (Lipinski definition) is 5. The number of nitrogens with zero attached hydrogens (tertiary/aromatic N) is 1. The average Bonchev–Trinajstić information content (AvgIpc) is 2.50. The van der Waals surface area contributed by atoms with Crippen molar-refractivity contribution in [2.75, 3.05) is 11.9 Å². The highest BCUT2D eigenvalue weighted by Crippen LogP contribution is 2.22. The minimum absolute atomic E-state index is 0.168. The number of halogens is 2. The van der Waals surface area contributed by atoms with E-state index in [0.717, 1.165) is 5.56 Å². The topological polar surface area (TPSA) is 78.0 Å². The Labute approximate surface area is 135 Å². The highest BCUT2D eigenvalue weighted by atomic mass is 35.5. The SMILES string of the molecule is C[C@H](CO)Nc1nc(SCc2cccc(Cl)c2)[nH]c(=O)c1F. The molecule has 0 bridgehead atoms. The molecule has 0 aliphatic carbocycles. The van der Waals surface area contributed by atoms with Crippen LogP contribution in [0.5, 0.6) is 0 Å². The first-order valence-electron chi connectivity index (χ1n) is 6.54. The predicted octanol–water partition coefficient (Wildman–Crippen LogP) is 2.65. The number of thioether (sulfide) groups is 1. The normalized spacial score (nSPS) is 12.2. The van der Waals surface area contributed by atoms with Crippen LogP contribution in [0.2, 0.25) is 5.02 Å². The summed E-state index contributed by atoms with van der Waals surface area (Å²) in [6.45, 7) is 1.46. The smallest absolute Gasteiger partial charge is 0.289 e. The van der Waals surface area contributed by atoms with Crippen LogP contribution in [0.4, 0.5) is 10.2 Å². The summed E-state index contributed by atoms with van der Waals surface area (Å²) >= 11 is 7.16. The fraction of sp³-hybridized carbons (Fsp3) is 0.286. The number of aliphatic hydroxyl groups is 1. The van der Waals surface area contributed by atoms with Gasteiger partial charge in [0.05, 0.1) is 6.61 Å². The second kappa shape index (κ2) is 7.62. The molecule has 0 aliphatic rings. The lowest BCUT2D eigenvalue weighted by Crippen LogP contribution is -2.24. The van der Waals surface area contributed by atoms with Gasteiger partial charge in [0.2, 0.25) is 5.82 Å². The van der Waals surface area contributed by atoms with Crippen LogP contribution in [-0.4, -0.2) is 27.7 Å². The van der Waals surface area contributed by atoms with E-state index < -0.39 is 17.4 Å². The Bertz CT molecular complexity index is 711. The molecule has 0 radical (unpaired) electrons. The van der Waals surface area contributed by atoms with Crippen LogP contribution in [0.15, 0.2) is 34.2 Å². The molecule has 1 heterocycles. The maximum atomic E-state index is 13.7. The summed E-state index contributed by atoms with van der Waals surface area (Å²) in [6, 6.07) is 6.90. The van der Waals surface area contributed by atoms with E-state index >= 15 is 0 Å². The molecule has 2 rings (SSSR count). The van der Waals surface area contributed by atoms with Gasteiger partial charge in [-0.3, -0.25) is 9.78 Å². The van der Waals surface area contributed by atoms with E-state index in [1.807, 2.05) is 18.2 Å². The molecule has 0 saturated heterocycles. The van der Waals surface area contributed by atoms with E-state index in [4.69, 9.17) is 16.7 Å². The molecule has 0 spiro atoms. The van der Waals surface area contributed by atoms with E-state index in [2.05, 4.69) is 15.3 Å². The standard InChI is InChI=1S/C14H15ClFN3O2S/c1-8(6-20)17-12-11(16)13(21)19-14(18-12)22-7-9-3-2-4-10(15)5-9/h2-5,8,20H,6-7H2,1H3,(H2,17,18,19,21)/t8-/m1/s1. The quantitative estimate of drug-likeness (QED) is 0.555. The summed E-state index contributed by atoms with van der Waals surface area (Å²) in [5.41, 5.74) is 0.110. The fourth-order valence-electron chi connectivity index (χ4n) is 1.66. The Morgan fingerprint density at radius 3 is 3.00 bits per heavy atom. The monoisotopic (exact) mass is 343 g/mol. The van der Waals surface area contributed by atoms with Crippen LogP contribution in [0.25, 0.3) is 0 Å². The van der Waals surface area contributed by atoms with Crippen molar-refractivity contribution < 1.29 is 9.50 Å². The lowest BCUT2D eigenvalue weighted by molar-refractivity contribution is 0.281. The molecule has 118 valence electrons. The summed E-state index contributed by atoms with van der Waals surface area (Å²) in [5, 5.41) is 12.6. The van der Waals surface area contributed by atoms with Crippen molar-refractivity contribution in [2.24, 2.45) is 0 Å². The summed E-state index contributed by atoms with van der Waals surface area (Å²) in [5.74, 6) is -0.629. The van der Waals surface area contributed by atoms with Gasteiger partial charge in [-0.25, -0.2) is 4.98 Å². The highest BCUT2D eigenvalue weighted by Gasteiger charge is 2.13. The first kappa shape index (κ1) is 16.8. The van der Waals surface area contributed by atoms with Crippen molar-refractivity contribution in [3.63, 3.8) is 0 Å². The Morgan fingerprint density at radius 2 is 2.32 bits per heavy atom. The highest BCUT2D eigenvalue weighted by molar-refractivity contribution is 7.98. The summed E-state index contributed by atoms with van der Waals surface area (Å²) in [7, 11) is 0. The van der Waals surface area contributed by atoms with Gasteiger partial charge >= 0.3 is 0 Å². The van der Waals surface area contributed by atoms with Gasteiger partial charge in [-0.15, -0.1) is 0 Å². The van der Waals surface area contributed by atoms with Gasteiger partial charge in [0, 0.05) is 16.8 Å². The number of benzene rings is 1. The maximum absolute atomic E-state index is 13.7. The van der Waals surface area contributed by atoms with Crippen LogP contribution in [-0.2, 0) is 5.75 Å². The van der Waals surface area contributed by atoms with Crippen LogP contribution in [0.1, 0.15) is 12.5 Å². The molecule has 22 heavy (non-hydrogen) atoms. The predicted molar refractivity (Wildman–Crippen MR) is 86.0 cm³/mol. The Balaban J connectivity index is 2.15. The third kappa shape index (κ3) is 4.46. The molecule has 0 unspecified atom stereocenters. The molecule has 2 aromatic rings. The Morgan fingerprint density at radius 1 is 1.55 bits per heavy atom. The molecule has 0 saturated carbocycles. The lowest BCUT2D eigenvalue weighted by Gasteiger charge is -2.12. The number of aromatic nitrogens is 2. The molecular formula is C14H15ClFN3O2S. The maximum Gasteiger partial charge on any atom is 0.289 e. The second-order valence-corrected chi connectivity index (χ2v) is 6.08. The summed E-state index contributed by atoms with van der Waals surface area (Å²) in [4.78, 5) is 18.0. The molecule has 5 nitrogen and oxygen atoms in total. The van der Waals surface area contributed by atoms with Crippen molar-refractivity contribution in [1.29, 1.82) is 0 Å². The van der Waals surface area contributed by atoms with Crippen molar-refractivity contribution in [3.05, 3.63) is 51.0 Å². The average molecular weight is 344 g/mol. The zero-order valence-electron chi connectivity index (χ0n) is 11.8. The summed E-state index contributed by atoms with van der Waals surface area (Å²) in [6.07, 6.45) is 0. The second-order valence-electron chi connectivity index (χ2n) is 4.68. The van der Waals surface area contributed by atoms with Gasteiger partial charge in [0.1, 0.15) is 0 Å². The van der Waals surface area contributed by atoms with Gasteiger partial charge in [-0.05, 0) is 24.6 Å². The zero-order chi connectivity index (χ0) is 16.1. The van der Waals surface area contributed by atoms with Crippen LogP contribution in [0, 0.1) is 5.82 Å². The molecule has 0 fully saturated rings. The van der Waals surface area contributed by atoms with Crippen LogP contribution in [0.3, 0.4) is 0 Å². The van der Waals surface area contributed by atoms with Crippen molar-refractivity contribution >= 4 is 29.2 Å². The number of aromatic amines is 1. The van der Waals surface area contributed by atoms with E-state index in [1.165, 1.54) is 11.8 Å². The molecule has 1 aromatic carbocycles.